The van der Waals surface area contributed by atoms with E-state index in [4.69, 9.17) is 10.7 Å². The lowest BCUT2D eigenvalue weighted by Gasteiger charge is -2.09. The lowest BCUT2D eigenvalue weighted by molar-refractivity contribution is -0.117. The van der Waals surface area contributed by atoms with E-state index >= 15 is 0 Å². The first-order valence-corrected chi connectivity index (χ1v) is 6.45. The number of nitriles is 1. The third-order valence-electron chi connectivity index (χ3n) is 2.32. The van der Waals surface area contributed by atoms with Gasteiger partial charge >= 0.3 is 0 Å². The predicted octanol–water partition coefficient (Wildman–Crippen LogP) is 1.70. The minimum Gasteiger partial charge on any atom is -0.308 e. The highest BCUT2D eigenvalue weighted by atomic mass is 32.2. The van der Waals surface area contributed by atoms with Crippen LogP contribution >= 0.6 is 11.8 Å². The highest BCUT2D eigenvalue weighted by molar-refractivity contribution is 7.99. The van der Waals surface area contributed by atoms with Gasteiger partial charge in [0.25, 0.3) is 0 Å². The van der Waals surface area contributed by atoms with E-state index in [1.165, 1.54) is 18.7 Å². The molecule has 0 saturated heterocycles. The minimum absolute atomic E-state index is 0.0772. The van der Waals surface area contributed by atoms with Crippen LogP contribution in [0.25, 0.3) is 0 Å². The van der Waals surface area contributed by atoms with E-state index in [9.17, 15) is 4.79 Å². The topological polar surface area (TPSA) is 95.4 Å². The fourth-order valence-corrected chi connectivity index (χ4v) is 2.27. The van der Waals surface area contributed by atoms with Crippen molar-refractivity contribution in [2.75, 3.05) is 5.75 Å². The number of rotatable bonds is 6. The zero-order valence-corrected chi connectivity index (χ0v) is 11.4. The number of aromatic nitrogens is 3. The van der Waals surface area contributed by atoms with Crippen LogP contribution in [0.3, 0.4) is 0 Å². The predicted molar refractivity (Wildman–Crippen MR) is 68.6 cm³/mol. The van der Waals surface area contributed by atoms with Crippen molar-refractivity contribution in [1.82, 2.24) is 14.8 Å². The number of nitrogens with one attached hydrogen (secondary N) is 1. The molecule has 7 heteroatoms. The van der Waals surface area contributed by atoms with Gasteiger partial charge in [-0.15, -0.1) is 10.2 Å². The molecule has 0 saturated carbocycles. The molecule has 0 unspecified atom stereocenters. The monoisotopic (exact) mass is 265 g/mol. The van der Waals surface area contributed by atoms with Gasteiger partial charge in [0.2, 0.25) is 0 Å². The molecule has 0 bridgehead atoms. The minimum atomic E-state index is -0.951. The average Bonchev–Trinajstić information content (AvgIpc) is 2.74. The molecule has 1 heterocycles. The molecule has 0 amide bonds. The summed E-state index contributed by atoms with van der Waals surface area (Å²) in [7, 11) is 0. The molecule has 0 fully saturated rings. The van der Waals surface area contributed by atoms with Crippen LogP contribution < -0.4 is 0 Å². The van der Waals surface area contributed by atoms with Crippen LogP contribution in [0, 0.1) is 22.7 Å². The summed E-state index contributed by atoms with van der Waals surface area (Å²) >= 11 is 1.24. The highest BCUT2D eigenvalue weighted by Crippen LogP contribution is 2.19. The molecule has 1 atom stereocenters. The molecule has 0 radical (unpaired) electrons. The molecular weight excluding hydrogens is 250 g/mol. The van der Waals surface area contributed by atoms with E-state index < -0.39 is 5.92 Å². The summed E-state index contributed by atoms with van der Waals surface area (Å²) in [4.78, 5) is 11.8. The van der Waals surface area contributed by atoms with Crippen molar-refractivity contribution >= 4 is 23.3 Å². The van der Waals surface area contributed by atoms with Crippen LogP contribution in [0.1, 0.15) is 26.8 Å². The second-order valence-electron chi connectivity index (χ2n) is 4.11. The maximum Gasteiger partial charge on any atom is 0.191 e. The molecule has 96 valence electrons. The lowest BCUT2D eigenvalue weighted by Crippen LogP contribution is -2.21. The molecule has 0 aromatic carbocycles. The summed E-state index contributed by atoms with van der Waals surface area (Å²) in [6.07, 6.45) is 1.61. The molecule has 0 aliphatic heterocycles. The van der Waals surface area contributed by atoms with Crippen LogP contribution in [0.15, 0.2) is 11.5 Å². The van der Waals surface area contributed by atoms with Gasteiger partial charge < -0.3 is 9.98 Å². The van der Waals surface area contributed by atoms with Gasteiger partial charge in [0, 0.05) is 11.8 Å². The Morgan fingerprint density at radius 3 is 2.83 bits per heavy atom. The third kappa shape index (κ3) is 3.40. The maximum absolute atomic E-state index is 11.8. The first-order valence-electron chi connectivity index (χ1n) is 5.47. The third-order valence-corrected chi connectivity index (χ3v) is 3.30. The molecular formula is C11H15N5OS. The Morgan fingerprint density at radius 2 is 2.33 bits per heavy atom. The van der Waals surface area contributed by atoms with Gasteiger partial charge in [0.05, 0.1) is 11.8 Å². The number of carbonyl (C=O) groups excluding carboxylic acids is 1. The van der Waals surface area contributed by atoms with Gasteiger partial charge in [-0.25, -0.2) is 0 Å². The molecule has 0 aliphatic rings. The van der Waals surface area contributed by atoms with E-state index in [-0.39, 0.29) is 23.3 Å². The van der Waals surface area contributed by atoms with Crippen LogP contribution in [0.5, 0.6) is 0 Å². The Kier molecular flexibility index (Phi) is 5.04. The van der Waals surface area contributed by atoms with E-state index in [0.717, 1.165) is 0 Å². The largest absolute Gasteiger partial charge is 0.308 e. The molecule has 0 spiro atoms. The van der Waals surface area contributed by atoms with Gasteiger partial charge in [-0.2, -0.15) is 5.26 Å². The Bertz CT molecular complexity index is 488. The Morgan fingerprint density at radius 1 is 1.67 bits per heavy atom. The lowest BCUT2D eigenvalue weighted by atomic mass is 10.0. The van der Waals surface area contributed by atoms with Crippen molar-refractivity contribution in [3.8, 4) is 6.07 Å². The first-order chi connectivity index (χ1) is 8.47. The van der Waals surface area contributed by atoms with Crippen molar-refractivity contribution < 1.29 is 4.79 Å². The molecule has 1 N–H and O–H groups in total. The molecule has 6 nitrogen and oxygen atoms in total. The van der Waals surface area contributed by atoms with Crippen molar-refractivity contribution in [2.45, 2.75) is 32.0 Å². The smallest absolute Gasteiger partial charge is 0.191 e. The number of ketones is 1. The van der Waals surface area contributed by atoms with Crippen LogP contribution in [-0.4, -0.2) is 32.0 Å². The number of carbonyl (C=O) groups is 1. The Balaban J connectivity index is 2.66. The van der Waals surface area contributed by atoms with Crippen molar-refractivity contribution in [1.29, 1.82) is 10.7 Å². The first kappa shape index (κ1) is 14.4. The standard InChI is InChI=1S/C11H15N5OS/c1-7(2)16-6-14-15-11(16)18-5-10(17)9(4-12)8(3)13/h6-7,9,13H,5H2,1-3H3/t9-/m1/s1. The second kappa shape index (κ2) is 6.31. The van der Waals surface area contributed by atoms with E-state index in [2.05, 4.69) is 10.2 Å². The summed E-state index contributed by atoms with van der Waals surface area (Å²) in [5.74, 6) is -1.10. The van der Waals surface area contributed by atoms with Gasteiger partial charge in [-0.05, 0) is 20.8 Å². The molecule has 0 aliphatic carbocycles. The normalized spacial score (nSPS) is 12.2. The Hall–Kier alpha value is -1.68. The SMILES string of the molecule is CC(=N)[C@@H](C#N)C(=O)CSc1nncn1C(C)C. The average molecular weight is 265 g/mol. The Labute approximate surface area is 110 Å². The number of hydrogen-bond acceptors (Lipinski definition) is 6. The molecule has 1 aromatic heterocycles. The van der Waals surface area contributed by atoms with Crippen LogP contribution in [-0.2, 0) is 4.79 Å². The molecule has 1 aromatic rings. The molecule has 18 heavy (non-hydrogen) atoms. The van der Waals surface area contributed by atoms with Crippen molar-refractivity contribution in [2.24, 2.45) is 5.92 Å². The van der Waals surface area contributed by atoms with E-state index in [1.54, 1.807) is 6.33 Å². The quantitative estimate of drug-likeness (QED) is 0.624. The van der Waals surface area contributed by atoms with Crippen LogP contribution in [0.4, 0.5) is 0 Å². The highest BCUT2D eigenvalue weighted by Gasteiger charge is 2.21. The van der Waals surface area contributed by atoms with E-state index in [0.29, 0.717) is 5.16 Å². The number of thioether (sulfide) groups is 1. The van der Waals surface area contributed by atoms with E-state index in [1.807, 2.05) is 24.5 Å². The molecule has 1 rings (SSSR count). The van der Waals surface area contributed by atoms with Gasteiger partial charge in [0.15, 0.2) is 10.9 Å². The fraction of sp³-hybridized carbons (Fsp3) is 0.545. The number of Topliss-reactive ketones (excluding diaryl/α,β-unsaturated/α-hetero) is 1. The van der Waals surface area contributed by atoms with Crippen LogP contribution in [0.2, 0.25) is 0 Å². The summed E-state index contributed by atoms with van der Waals surface area (Å²) in [6.45, 7) is 5.46. The van der Waals surface area contributed by atoms with Crippen molar-refractivity contribution in [3.63, 3.8) is 0 Å². The van der Waals surface area contributed by atoms with Gasteiger partial charge in [-0.1, -0.05) is 11.8 Å². The maximum atomic E-state index is 11.8. The number of nitrogens with zero attached hydrogens (tertiary/aromatic N) is 4. The summed E-state index contributed by atoms with van der Waals surface area (Å²) in [6, 6.07) is 2.06. The summed E-state index contributed by atoms with van der Waals surface area (Å²) in [5, 5.41) is 24.5. The number of hydrogen-bond donors (Lipinski definition) is 1. The second-order valence-corrected chi connectivity index (χ2v) is 5.06. The van der Waals surface area contributed by atoms with Gasteiger partial charge in [0.1, 0.15) is 12.2 Å². The zero-order valence-electron chi connectivity index (χ0n) is 10.5. The van der Waals surface area contributed by atoms with Gasteiger partial charge in [-0.3, -0.25) is 4.79 Å². The zero-order chi connectivity index (χ0) is 13.7. The fourth-order valence-electron chi connectivity index (χ4n) is 1.32. The summed E-state index contributed by atoms with van der Waals surface area (Å²) in [5.41, 5.74) is 0.0772. The van der Waals surface area contributed by atoms with Crippen molar-refractivity contribution in [3.05, 3.63) is 6.33 Å². The summed E-state index contributed by atoms with van der Waals surface area (Å²) < 4.78 is 1.86.